The molecule has 1 N–H and O–H groups in total. The fourth-order valence-electron chi connectivity index (χ4n) is 2.80. The monoisotopic (exact) mass is 349 g/mol. The van der Waals surface area contributed by atoms with Gasteiger partial charge < -0.3 is 9.73 Å². The number of carbonyl (C=O) groups excluding carboxylic acids is 1. The fourth-order valence-corrected chi connectivity index (χ4v) is 3.37. The number of benzene rings is 1. The van der Waals surface area contributed by atoms with Crippen LogP contribution in [0.3, 0.4) is 0 Å². The van der Waals surface area contributed by atoms with Crippen molar-refractivity contribution >= 4 is 17.7 Å². The van der Waals surface area contributed by atoms with Crippen LogP contribution in [0.15, 0.2) is 33.9 Å². The van der Waals surface area contributed by atoms with Gasteiger partial charge in [-0.2, -0.15) is 0 Å². The van der Waals surface area contributed by atoms with Gasteiger partial charge in [-0.25, -0.2) is 4.39 Å². The minimum Gasteiger partial charge on any atom is -0.411 e. The first-order chi connectivity index (χ1) is 11.7. The van der Waals surface area contributed by atoms with Crippen molar-refractivity contribution in [2.75, 3.05) is 5.75 Å². The average Bonchev–Trinajstić information content (AvgIpc) is 2.91. The summed E-state index contributed by atoms with van der Waals surface area (Å²) in [4.78, 5) is 12.0. The van der Waals surface area contributed by atoms with Gasteiger partial charge in [0.25, 0.3) is 5.22 Å². The van der Waals surface area contributed by atoms with Crippen LogP contribution in [0, 0.1) is 5.82 Å². The van der Waals surface area contributed by atoms with E-state index in [1.807, 2.05) is 0 Å². The van der Waals surface area contributed by atoms with Crippen LogP contribution < -0.4 is 5.32 Å². The Hall–Kier alpha value is -1.89. The molecule has 0 bridgehead atoms. The first-order valence-corrected chi connectivity index (χ1v) is 9.21. The predicted octanol–water partition coefficient (Wildman–Crippen LogP) is 3.81. The fraction of sp³-hybridized carbons (Fsp3) is 0.471. The van der Waals surface area contributed by atoms with E-state index in [0.717, 1.165) is 12.8 Å². The third-order valence-electron chi connectivity index (χ3n) is 4.04. The van der Waals surface area contributed by atoms with Crippen molar-refractivity contribution in [3.05, 3.63) is 30.1 Å². The minimum atomic E-state index is -0.317. The topological polar surface area (TPSA) is 68.0 Å². The van der Waals surface area contributed by atoms with E-state index in [-0.39, 0.29) is 23.5 Å². The minimum absolute atomic E-state index is 0.00608. The highest BCUT2D eigenvalue weighted by molar-refractivity contribution is 7.99. The van der Waals surface area contributed by atoms with Crippen molar-refractivity contribution in [3.63, 3.8) is 0 Å². The van der Waals surface area contributed by atoms with Crippen molar-refractivity contribution in [1.82, 2.24) is 15.5 Å². The maximum absolute atomic E-state index is 12.9. The summed E-state index contributed by atoms with van der Waals surface area (Å²) >= 11 is 1.21. The number of hydrogen-bond donors (Lipinski definition) is 1. The van der Waals surface area contributed by atoms with Crippen LogP contribution in [0.4, 0.5) is 4.39 Å². The summed E-state index contributed by atoms with van der Waals surface area (Å²) in [6.07, 6.45) is 7.01. The Morgan fingerprint density at radius 1 is 1.17 bits per heavy atom. The standard InChI is InChI=1S/C17H20FN3O2S/c18-13-9-7-12(8-10-13)16-20-21-17(23-16)24-11-15(22)19-14-5-3-1-2-4-6-14/h7-10,14H,1-6,11H2,(H,19,22). The molecule has 1 aliphatic carbocycles. The molecule has 2 aromatic rings. The van der Waals surface area contributed by atoms with Crippen molar-refractivity contribution in [1.29, 1.82) is 0 Å². The lowest BCUT2D eigenvalue weighted by atomic mass is 10.1. The van der Waals surface area contributed by atoms with Crippen LogP contribution in [-0.2, 0) is 4.79 Å². The quantitative estimate of drug-likeness (QED) is 0.657. The van der Waals surface area contributed by atoms with Gasteiger partial charge in [-0.15, -0.1) is 10.2 Å². The molecular weight excluding hydrogens is 329 g/mol. The zero-order valence-corrected chi connectivity index (χ0v) is 14.2. The molecule has 1 amide bonds. The number of amides is 1. The van der Waals surface area contributed by atoms with Gasteiger partial charge in [0.15, 0.2) is 0 Å². The van der Waals surface area contributed by atoms with Crippen LogP contribution in [0.5, 0.6) is 0 Å². The van der Waals surface area contributed by atoms with Gasteiger partial charge in [-0.3, -0.25) is 4.79 Å². The highest BCUT2D eigenvalue weighted by Crippen LogP contribution is 2.23. The van der Waals surface area contributed by atoms with E-state index < -0.39 is 0 Å². The molecule has 7 heteroatoms. The molecule has 0 spiro atoms. The van der Waals surface area contributed by atoms with Crippen molar-refractivity contribution in [3.8, 4) is 11.5 Å². The van der Waals surface area contributed by atoms with Crippen LogP contribution in [0.2, 0.25) is 0 Å². The predicted molar refractivity (Wildman–Crippen MR) is 90.0 cm³/mol. The molecule has 24 heavy (non-hydrogen) atoms. The normalized spacial score (nSPS) is 15.9. The van der Waals surface area contributed by atoms with Crippen molar-refractivity contribution < 1.29 is 13.6 Å². The first kappa shape index (κ1) is 17.0. The number of hydrogen-bond acceptors (Lipinski definition) is 5. The molecule has 0 aliphatic heterocycles. The maximum atomic E-state index is 12.9. The van der Waals surface area contributed by atoms with Crippen molar-refractivity contribution in [2.24, 2.45) is 0 Å². The van der Waals surface area contributed by atoms with Gasteiger partial charge in [0.05, 0.1) is 5.75 Å². The Balaban J connectivity index is 1.49. The molecule has 0 saturated heterocycles. The van der Waals surface area contributed by atoms with E-state index in [0.29, 0.717) is 16.7 Å². The van der Waals surface area contributed by atoms with E-state index in [2.05, 4.69) is 15.5 Å². The third-order valence-corrected chi connectivity index (χ3v) is 4.86. The lowest BCUT2D eigenvalue weighted by molar-refractivity contribution is -0.119. The molecule has 0 radical (unpaired) electrons. The number of carbonyl (C=O) groups is 1. The molecule has 128 valence electrons. The van der Waals surface area contributed by atoms with E-state index in [1.165, 1.54) is 49.6 Å². The lowest BCUT2D eigenvalue weighted by Gasteiger charge is -2.15. The average molecular weight is 349 g/mol. The first-order valence-electron chi connectivity index (χ1n) is 8.22. The van der Waals surface area contributed by atoms with Gasteiger partial charge in [0.2, 0.25) is 11.8 Å². The highest BCUT2D eigenvalue weighted by Gasteiger charge is 2.16. The Morgan fingerprint density at radius 3 is 2.58 bits per heavy atom. The molecule has 1 aliphatic rings. The Labute approximate surface area is 144 Å². The largest absolute Gasteiger partial charge is 0.411 e. The summed E-state index contributed by atoms with van der Waals surface area (Å²) in [6.45, 7) is 0. The Kier molecular flexibility index (Phi) is 5.85. The molecular formula is C17H20FN3O2S. The zero-order valence-electron chi connectivity index (χ0n) is 13.3. The highest BCUT2D eigenvalue weighted by atomic mass is 32.2. The Bertz CT molecular complexity index is 667. The molecule has 0 unspecified atom stereocenters. The van der Waals surface area contributed by atoms with E-state index in [1.54, 1.807) is 12.1 Å². The second kappa shape index (κ2) is 8.28. The summed E-state index contributed by atoms with van der Waals surface area (Å²) in [7, 11) is 0. The molecule has 1 fully saturated rings. The molecule has 1 aromatic carbocycles. The smallest absolute Gasteiger partial charge is 0.277 e. The molecule has 3 rings (SSSR count). The summed E-state index contributed by atoms with van der Waals surface area (Å²) in [5.41, 5.74) is 0.652. The summed E-state index contributed by atoms with van der Waals surface area (Å²) in [5, 5.41) is 11.3. The van der Waals surface area contributed by atoms with Crippen LogP contribution in [0.1, 0.15) is 38.5 Å². The molecule has 1 saturated carbocycles. The number of thioether (sulfide) groups is 1. The number of rotatable bonds is 5. The van der Waals surface area contributed by atoms with Gasteiger partial charge in [-0.1, -0.05) is 37.4 Å². The number of aromatic nitrogens is 2. The maximum Gasteiger partial charge on any atom is 0.277 e. The summed E-state index contributed by atoms with van der Waals surface area (Å²) in [5.74, 6) is 0.250. The number of nitrogens with zero attached hydrogens (tertiary/aromatic N) is 2. The van der Waals surface area contributed by atoms with E-state index in [9.17, 15) is 9.18 Å². The van der Waals surface area contributed by atoms with Crippen molar-refractivity contribution in [2.45, 2.75) is 49.8 Å². The molecule has 1 aromatic heterocycles. The summed E-state index contributed by atoms with van der Waals surface area (Å²) in [6, 6.07) is 6.13. The number of halogens is 1. The number of nitrogens with one attached hydrogen (secondary N) is 1. The van der Waals surface area contributed by atoms with Gasteiger partial charge in [0.1, 0.15) is 5.82 Å². The SMILES string of the molecule is O=C(CSc1nnc(-c2ccc(F)cc2)o1)NC1CCCCCC1. The molecule has 5 nitrogen and oxygen atoms in total. The van der Waals surface area contributed by atoms with E-state index >= 15 is 0 Å². The summed E-state index contributed by atoms with van der Waals surface area (Å²) < 4.78 is 18.4. The van der Waals surface area contributed by atoms with Crippen LogP contribution >= 0.6 is 11.8 Å². The zero-order chi connectivity index (χ0) is 16.8. The lowest BCUT2D eigenvalue weighted by Crippen LogP contribution is -2.35. The van der Waals surface area contributed by atoms with Crippen LogP contribution in [-0.4, -0.2) is 27.9 Å². The van der Waals surface area contributed by atoms with Gasteiger partial charge in [-0.05, 0) is 37.1 Å². The third kappa shape index (κ3) is 4.80. The molecule has 1 heterocycles. The van der Waals surface area contributed by atoms with Gasteiger partial charge in [0, 0.05) is 11.6 Å². The second-order valence-electron chi connectivity index (χ2n) is 5.92. The molecule has 0 atom stereocenters. The van der Waals surface area contributed by atoms with Crippen LogP contribution in [0.25, 0.3) is 11.5 Å². The van der Waals surface area contributed by atoms with Gasteiger partial charge >= 0.3 is 0 Å². The second-order valence-corrected chi connectivity index (χ2v) is 6.85. The Morgan fingerprint density at radius 2 is 1.88 bits per heavy atom. The van der Waals surface area contributed by atoms with E-state index in [4.69, 9.17) is 4.42 Å².